The normalized spacial score (nSPS) is 11.7. The third-order valence-electron chi connectivity index (χ3n) is 5.42. The van der Waals surface area contributed by atoms with Crippen LogP contribution in [-0.4, -0.2) is 38.4 Å². The van der Waals surface area contributed by atoms with Crippen LogP contribution in [0.4, 0.5) is 5.69 Å². The summed E-state index contributed by atoms with van der Waals surface area (Å²) >= 11 is 0. The van der Waals surface area contributed by atoms with Gasteiger partial charge in [-0.15, -0.1) is 0 Å². The van der Waals surface area contributed by atoms with Gasteiger partial charge in [-0.3, -0.25) is 4.68 Å². The fourth-order valence-corrected chi connectivity index (χ4v) is 4.01. The van der Waals surface area contributed by atoms with Crippen molar-refractivity contribution in [2.24, 2.45) is 13.0 Å². The molecule has 0 saturated heterocycles. The summed E-state index contributed by atoms with van der Waals surface area (Å²) in [5, 5.41) is 17.2. The Kier molecular flexibility index (Phi) is 4.65. The Balaban J connectivity index is 1.83. The van der Waals surface area contributed by atoms with E-state index in [-0.39, 0.29) is 5.75 Å². The summed E-state index contributed by atoms with van der Waals surface area (Å²) in [4.78, 5) is 11.6. The van der Waals surface area contributed by atoms with E-state index in [2.05, 4.69) is 48.9 Å². The highest BCUT2D eigenvalue weighted by molar-refractivity contribution is 5.92. The minimum absolute atomic E-state index is 0.216. The Bertz CT molecular complexity index is 1230. The van der Waals surface area contributed by atoms with Gasteiger partial charge in [0, 0.05) is 48.7 Å². The van der Waals surface area contributed by atoms with Gasteiger partial charge in [-0.05, 0) is 43.5 Å². The lowest BCUT2D eigenvalue weighted by Gasteiger charge is -2.23. The third-order valence-corrected chi connectivity index (χ3v) is 5.42. The number of rotatable bonds is 4. The molecule has 6 heteroatoms. The molecule has 29 heavy (non-hydrogen) atoms. The predicted octanol–water partition coefficient (Wildman–Crippen LogP) is 4.60. The van der Waals surface area contributed by atoms with Gasteiger partial charge in [-0.2, -0.15) is 5.10 Å². The summed E-state index contributed by atoms with van der Waals surface area (Å²) in [6.07, 6.45) is 3.85. The number of hydrogen-bond acceptors (Lipinski definition) is 5. The fourth-order valence-electron chi connectivity index (χ4n) is 4.01. The molecular weight excluding hydrogens is 362 g/mol. The first-order valence-electron chi connectivity index (χ1n) is 9.90. The van der Waals surface area contributed by atoms with E-state index in [9.17, 15) is 5.11 Å². The molecule has 0 fully saturated rings. The van der Waals surface area contributed by atoms with E-state index in [0.717, 1.165) is 34.1 Å². The van der Waals surface area contributed by atoms with Gasteiger partial charge in [0.2, 0.25) is 0 Å². The predicted molar refractivity (Wildman–Crippen MR) is 118 cm³/mol. The Hall–Kier alpha value is -3.15. The molecule has 150 valence electrons. The molecule has 0 unspecified atom stereocenters. The van der Waals surface area contributed by atoms with Gasteiger partial charge in [0.05, 0.1) is 23.1 Å². The summed E-state index contributed by atoms with van der Waals surface area (Å²) in [6.45, 7) is 9.39. The molecule has 6 nitrogen and oxygen atoms in total. The van der Waals surface area contributed by atoms with Crippen LogP contribution in [0.5, 0.6) is 5.75 Å². The zero-order valence-electron chi connectivity index (χ0n) is 17.9. The summed E-state index contributed by atoms with van der Waals surface area (Å²) in [5.74, 6) is 0.789. The smallest absolute Gasteiger partial charge is 0.160 e. The summed E-state index contributed by atoms with van der Waals surface area (Å²) in [5.41, 5.74) is 5.95. The zero-order valence-corrected chi connectivity index (χ0v) is 17.9. The minimum atomic E-state index is 0.216. The van der Waals surface area contributed by atoms with Crippen molar-refractivity contribution in [2.45, 2.75) is 27.7 Å². The van der Waals surface area contributed by atoms with Gasteiger partial charge in [0.1, 0.15) is 5.75 Å². The molecule has 0 aliphatic heterocycles. The largest absolute Gasteiger partial charge is 0.507 e. The number of phenolic OH excluding ortho intramolecular Hbond substituents is 1. The van der Waals surface area contributed by atoms with E-state index in [1.807, 2.05) is 38.5 Å². The average molecular weight is 390 g/mol. The standard InChI is InChI=1S/C23H27N5O/c1-13(2)11-27(5)20-10-24-23-17(14(20)3)7-8-19(25-23)18-9-16-12-28(6)26-21(16)15(4)22(18)29/h7-10,12-13,29H,11H2,1-6H3. The quantitative estimate of drug-likeness (QED) is 0.553. The summed E-state index contributed by atoms with van der Waals surface area (Å²) in [6, 6.07) is 5.95. The van der Waals surface area contributed by atoms with Crippen LogP contribution >= 0.6 is 0 Å². The van der Waals surface area contributed by atoms with E-state index >= 15 is 0 Å². The molecule has 0 bridgehead atoms. The molecule has 3 aromatic heterocycles. The molecule has 0 aliphatic rings. The number of hydrogen-bond donors (Lipinski definition) is 1. The van der Waals surface area contributed by atoms with Crippen molar-refractivity contribution in [3.05, 3.63) is 41.7 Å². The maximum Gasteiger partial charge on any atom is 0.160 e. The Morgan fingerprint density at radius 3 is 2.66 bits per heavy atom. The number of anilines is 1. The van der Waals surface area contributed by atoms with Crippen molar-refractivity contribution >= 4 is 27.6 Å². The Morgan fingerprint density at radius 1 is 1.17 bits per heavy atom. The average Bonchev–Trinajstić information content (AvgIpc) is 3.04. The first kappa shape index (κ1) is 19.2. The van der Waals surface area contributed by atoms with E-state index in [1.165, 1.54) is 5.56 Å². The van der Waals surface area contributed by atoms with Gasteiger partial charge < -0.3 is 10.0 Å². The minimum Gasteiger partial charge on any atom is -0.507 e. The molecule has 3 heterocycles. The lowest BCUT2D eigenvalue weighted by Crippen LogP contribution is -2.23. The monoisotopic (exact) mass is 389 g/mol. The fraction of sp³-hybridized carbons (Fsp3) is 0.348. The number of benzene rings is 1. The van der Waals surface area contributed by atoms with Gasteiger partial charge in [-0.25, -0.2) is 9.97 Å². The highest BCUT2D eigenvalue weighted by Crippen LogP contribution is 2.37. The van der Waals surface area contributed by atoms with Crippen LogP contribution in [0.1, 0.15) is 25.0 Å². The van der Waals surface area contributed by atoms with Gasteiger partial charge in [0.25, 0.3) is 0 Å². The molecule has 4 aromatic rings. The number of nitrogens with zero attached hydrogens (tertiary/aromatic N) is 5. The SMILES string of the molecule is Cc1c(N(C)CC(C)C)cnc2nc(-c3cc4cn(C)nc4c(C)c3O)ccc12. The van der Waals surface area contributed by atoms with Crippen LogP contribution < -0.4 is 4.90 Å². The van der Waals surface area contributed by atoms with Crippen LogP contribution in [0.3, 0.4) is 0 Å². The molecule has 0 radical (unpaired) electrons. The summed E-state index contributed by atoms with van der Waals surface area (Å²) < 4.78 is 1.76. The number of phenols is 1. The van der Waals surface area contributed by atoms with E-state index in [0.29, 0.717) is 22.8 Å². The highest BCUT2D eigenvalue weighted by Gasteiger charge is 2.16. The maximum absolute atomic E-state index is 10.8. The Morgan fingerprint density at radius 2 is 1.93 bits per heavy atom. The van der Waals surface area contributed by atoms with Gasteiger partial charge in [0.15, 0.2) is 5.65 Å². The van der Waals surface area contributed by atoms with Crippen LogP contribution in [0.25, 0.3) is 33.2 Å². The van der Waals surface area contributed by atoms with Gasteiger partial charge in [-0.1, -0.05) is 13.8 Å². The van der Waals surface area contributed by atoms with Crippen molar-refractivity contribution in [3.63, 3.8) is 0 Å². The number of fused-ring (bicyclic) bond motifs is 2. The lowest BCUT2D eigenvalue weighted by molar-refractivity contribution is 0.474. The second kappa shape index (κ2) is 7.03. The number of aryl methyl sites for hydroxylation is 3. The van der Waals surface area contributed by atoms with E-state index in [4.69, 9.17) is 4.98 Å². The van der Waals surface area contributed by atoms with Crippen LogP contribution in [-0.2, 0) is 7.05 Å². The molecule has 0 amide bonds. The van der Waals surface area contributed by atoms with Crippen LogP contribution in [0.15, 0.2) is 30.6 Å². The van der Waals surface area contributed by atoms with Crippen molar-refractivity contribution < 1.29 is 5.11 Å². The molecule has 1 aromatic carbocycles. The van der Waals surface area contributed by atoms with Crippen molar-refractivity contribution in [2.75, 3.05) is 18.5 Å². The summed E-state index contributed by atoms with van der Waals surface area (Å²) in [7, 11) is 3.98. The maximum atomic E-state index is 10.8. The molecule has 4 rings (SSSR count). The van der Waals surface area contributed by atoms with Crippen LogP contribution in [0, 0.1) is 19.8 Å². The lowest BCUT2D eigenvalue weighted by atomic mass is 10.0. The number of pyridine rings is 2. The highest BCUT2D eigenvalue weighted by atomic mass is 16.3. The molecule has 0 atom stereocenters. The van der Waals surface area contributed by atoms with E-state index < -0.39 is 0 Å². The van der Waals surface area contributed by atoms with Crippen molar-refractivity contribution in [3.8, 4) is 17.0 Å². The van der Waals surface area contributed by atoms with Crippen molar-refractivity contribution in [1.82, 2.24) is 19.7 Å². The Labute approximate surface area is 170 Å². The molecular formula is C23H27N5O. The second-order valence-electron chi connectivity index (χ2n) is 8.25. The van der Waals surface area contributed by atoms with Crippen LogP contribution in [0.2, 0.25) is 0 Å². The van der Waals surface area contributed by atoms with Crippen molar-refractivity contribution in [1.29, 1.82) is 0 Å². The number of aromatic nitrogens is 4. The third kappa shape index (κ3) is 3.28. The first-order chi connectivity index (χ1) is 13.8. The molecule has 0 spiro atoms. The molecule has 0 saturated carbocycles. The van der Waals surface area contributed by atoms with Gasteiger partial charge >= 0.3 is 0 Å². The topological polar surface area (TPSA) is 67.1 Å². The zero-order chi connectivity index (χ0) is 20.9. The molecule has 0 aliphatic carbocycles. The second-order valence-corrected chi connectivity index (χ2v) is 8.25. The number of aromatic hydroxyl groups is 1. The molecule has 1 N–H and O–H groups in total. The first-order valence-corrected chi connectivity index (χ1v) is 9.90. The van der Waals surface area contributed by atoms with E-state index in [1.54, 1.807) is 4.68 Å².